The molecule has 1 saturated heterocycles. The molecule has 0 amide bonds. The molecule has 1 unspecified atom stereocenters. The molecule has 0 radical (unpaired) electrons. The number of ether oxygens (including phenoxy) is 3. The second-order valence-corrected chi connectivity index (χ2v) is 11.2. The van der Waals surface area contributed by atoms with Crippen LogP contribution in [0.3, 0.4) is 0 Å². The van der Waals surface area contributed by atoms with E-state index < -0.39 is 0 Å². The SMILES string of the molecule is COc1cc(C(=O)c2c[nH]c3ccccc23)ccc1OCCC(c1ccc(C)cc1)N1CCN(c2ccccc2OC)CC1. The number of hydrogen-bond donors (Lipinski definition) is 1. The Morgan fingerprint density at radius 2 is 1.55 bits per heavy atom. The van der Waals surface area contributed by atoms with Crippen molar-refractivity contribution < 1.29 is 19.0 Å². The fourth-order valence-electron chi connectivity index (χ4n) is 6.14. The molecule has 0 bridgehead atoms. The molecular weight excluding hydrogens is 550 g/mol. The minimum absolute atomic E-state index is 0.0565. The van der Waals surface area contributed by atoms with Crippen LogP contribution in [0.15, 0.2) is 97.2 Å². The third kappa shape index (κ3) is 6.15. The van der Waals surface area contributed by atoms with E-state index in [-0.39, 0.29) is 11.8 Å². The second kappa shape index (κ2) is 13.3. The number of rotatable bonds is 11. The van der Waals surface area contributed by atoms with E-state index in [9.17, 15) is 4.79 Å². The van der Waals surface area contributed by atoms with Gasteiger partial charge in [-0.2, -0.15) is 0 Å². The first-order valence-corrected chi connectivity index (χ1v) is 15.2. The number of nitrogens with zero attached hydrogens (tertiary/aromatic N) is 2. The number of carbonyl (C=O) groups is 1. The van der Waals surface area contributed by atoms with E-state index in [2.05, 4.69) is 58.1 Å². The monoisotopic (exact) mass is 589 g/mol. The molecular formula is C37H39N3O4. The quantitative estimate of drug-likeness (QED) is 0.167. The van der Waals surface area contributed by atoms with Crippen LogP contribution in [0.25, 0.3) is 10.9 Å². The van der Waals surface area contributed by atoms with Gasteiger partial charge in [-0.3, -0.25) is 9.69 Å². The molecule has 4 aromatic carbocycles. The first-order valence-electron chi connectivity index (χ1n) is 15.2. The van der Waals surface area contributed by atoms with Crippen molar-refractivity contribution in [2.24, 2.45) is 0 Å². The summed E-state index contributed by atoms with van der Waals surface area (Å²) in [6.45, 7) is 6.34. The van der Waals surface area contributed by atoms with Crippen LogP contribution < -0.4 is 19.1 Å². The Labute approximate surface area is 259 Å². The normalized spacial score (nSPS) is 14.4. The Kier molecular flexibility index (Phi) is 8.84. The predicted octanol–water partition coefficient (Wildman–Crippen LogP) is 7.06. The van der Waals surface area contributed by atoms with Crippen LogP contribution >= 0.6 is 0 Å². The minimum Gasteiger partial charge on any atom is -0.495 e. The van der Waals surface area contributed by atoms with Gasteiger partial charge in [0.25, 0.3) is 0 Å². The molecule has 0 saturated carbocycles. The average molecular weight is 590 g/mol. The summed E-state index contributed by atoms with van der Waals surface area (Å²) in [6.07, 6.45) is 2.59. The fraction of sp³-hybridized carbons (Fsp3) is 0.270. The molecule has 7 heteroatoms. The topological polar surface area (TPSA) is 67.0 Å². The number of aryl methyl sites for hydroxylation is 1. The van der Waals surface area contributed by atoms with Crippen LogP contribution in [-0.2, 0) is 0 Å². The van der Waals surface area contributed by atoms with Gasteiger partial charge in [-0.15, -0.1) is 0 Å². The van der Waals surface area contributed by atoms with Gasteiger partial charge in [0.15, 0.2) is 17.3 Å². The minimum atomic E-state index is -0.0565. The molecule has 1 fully saturated rings. The van der Waals surface area contributed by atoms with Crippen molar-refractivity contribution in [2.45, 2.75) is 19.4 Å². The number of para-hydroxylation sites is 3. The largest absolute Gasteiger partial charge is 0.495 e. The molecule has 226 valence electrons. The van der Waals surface area contributed by atoms with Crippen LogP contribution in [0.4, 0.5) is 5.69 Å². The van der Waals surface area contributed by atoms with E-state index in [1.54, 1.807) is 26.5 Å². The van der Waals surface area contributed by atoms with Gasteiger partial charge in [0.1, 0.15) is 5.75 Å². The smallest absolute Gasteiger partial charge is 0.195 e. The molecule has 5 aromatic rings. The Bertz CT molecular complexity index is 1720. The molecule has 44 heavy (non-hydrogen) atoms. The van der Waals surface area contributed by atoms with Gasteiger partial charge in [-0.25, -0.2) is 0 Å². The zero-order chi connectivity index (χ0) is 30.5. The number of methoxy groups -OCH3 is 2. The number of nitrogens with one attached hydrogen (secondary N) is 1. The number of piperazine rings is 1. The maximum Gasteiger partial charge on any atom is 0.195 e. The molecule has 0 spiro atoms. The zero-order valence-electron chi connectivity index (χ0n) is 25.6. The van der Waals surface area contributed by atoms with E-state index in [4.69, 9.17) is 14.2 Å². The lowest BCUT2D eigenvalue weighted by molar-refractivity contribution is 0.104. The van der Waals surface area contributed by atoms with Crippen LogP contribution in [0, 0.1) is 6.92 Å². The summed E-state index contributed by atoms with van der Waals surface area (Å²) in [6, 6.07) is 30.5. The Morgan fingerprint density at radius 3 is 2.32 bits per heavy atom. The lowest BCUT2D eigenvalue weighted by atomic mass is 10.00. The number of hydrogen-bond acceptors (Lipinski definition) is 6. The van der Waals surface area contributed by atoms with Crippen molar-refractivity contribution in [1.29, 1.82) is 0 Å². The number of H-pyrrole nitrogens is 1. The van der Waals surface area contributed by atoms with Crippen LogP contribution in [-0.4, -0.2) is 62.7 Å². The summed E-state index contributed by atoms with van der Waals surface area (Å²) in [5.41, 5.74) is 5.82. The summed E-state index contributed by atoms with van der Waals surface area (Å²) in [7, 11) is 3.34. The molecule has 7 nitrogen and oxygen atoms in total. The van der Waals surface area contributed by atoms with Crippen LogP contribution in [0.2, 0.25) is 0 Å². The predicted molar refractivity (Wildman–Crippen MR) is 176 cm³/mol. The number of ketones is 1. The van der Waals surface area contributed by atoms with Crippen molar-refractivity contribution in [3.63, 3.8) is 0 Å². The maximum atomic E-state index is 13.4. The van der Waals surface area contributed by atoms with Gasteiger partial charge in [0, 0.05) is 66.9 Å². The van der Waals surface area contributed by atoms with Crippen molar-refractivity contribution in [2.75, 3.05) is 51.9 Å². The number of aromatic nitrogens is 1. The summed E-state index contributed by atoms with van der Waals surface area (Å²) in [5, 5.41) is 0.905. The Hall–Kier alpha value is -4.75. The molecule has 2 heterocycles. The highest BCUT2D eigenvalue weighted by Gasteiger charge is 2.26. The Morgan fingerprint density at radius 1 is 0.818 bits per heavy atom. The van der Waals surface area contributed by atoms with Crippen molar-refractivity contribution in [3.05, 3.63) is 119 Å². The standard InChI is InChI=1S/C37H39N3O4/c1-26-12-14-27(15-13-26)32(39-19-21-40(22-20-39)33-10-6-7-11-34(33)42-2)18-23-44-35-17-16-28(24-36(35)43-3)37(41)30-25-38-31-9-5-4-8-29(30)31/h4-17,24-25,32,38H,18-23H2,1-3H3. The highest BCUT2D eigenvalue weighted by molar-refractivity contribution is 6.16. The molecule has 1 N–H and O–H groups in total. The molecule has 1 aliphatic rings. The maximum absolute atomic E-state index is 13.4. The summed E-state index contributed by atoms with van der Waals surface area (Å²) >= 11 is 0. The molecule has 1 atom stereocenters. The highest BCUT2D eigenvalue weighted by atomic mass is 16.5. The first-order chi connectivity index (χ1) is 21.6. The first kappa shape index (κ1) is 29.3. The Balaban J connectivity index is 1.14. The second-order valence-electron chi connectivity index (χ2n) is 11.2. The third-order valence-electron chi connectivity index (χ3n) is 8.55. The summed E-state index contributed by atoms with van der Waals surface area (Å²) in [4.78, 5) is 21.5. The summed E-state index contributed by atoms with van der Waals surface area (Å²) < 4.78 is 17.6. The van der Waals surface area contributed by atoms with Crippen LogP contribution in [0.5, 0.6) is 17.2 Å². The average Bonchev–Trinajstić information content (AvgIpc) is 3.51. The molecule has 1 aliphatic heterocycles. The van der Waals surface area contributed by atoms with Gasteiger partial charge < -0.3 is 24.1 Å². The van der Waals surface area contributed by atoms with E-state index in [1.165, 1.54) is 11.1 Å². The number of benzene rings is 4. The van der Waals surface area contributed by atoms with E-state index in [1.807, 2.05) is 48.5 Å². The fourth-order valence-corrected chi connectivity index (χ4v) is 6.14. The molecule has 0 aliphatic carbocycles. The van der Waals surface area contributed by atoms with E-state index in [0.717, 1.165) is 54.9 Å². The van der Waals surface area contributed by atoms with Gasteiger partial charge in [-0.1, -0.05) is 60.2 Å². The number of carbonyl (C=O) groups excluding carboxylic acids is 1. The van der Waals surface area contributed by atoms with Crippen molar-refractivity contribution in [1.82, 2.24) is 9.88 Å². The van der Waals surface area contributed by atoms with Gasteiger partial charge in [-0.05, 0) is 48.9 Å². The van der Waals surface area contributed by atoms with Gasteiger partial charge in [0.2, 0.25) is 0 Å². The number of fused-ring (bicyclic) bond motifs is 1. The molecule has 6 rings (SSSR count). The lowest BCUT2D eigenvalue weighted by Crippen LogP contribution is -2.48. The number of aromatic amines is 1. The van der Waals surface area contributed by atoms with E-state index in [0.29, 0.717) is 29.2 Å². The summed E-state index contributed by atoms with van der Waals surface area (Å²) in [5.74, 6) is 2.03. The van der Waals surface area contributed by atoms with Crippen molar-refractivity contribution >= 4 is 22.4 Å². The molecule has 1 aromatic heterocycles. The number of anilines is 1. The van der Waals surface area contributed by atoms with E-state index >= 15 is 0 Å². The van der Waals surface area contributed by atoms with Crippen LogP contribution in [0.1, 0.15) is 39.5 Å². The third-order valence-corrected chi connectivity index (χ3v) is 8.55. The highest BCUT2D eigenvalue weighted by Crippen LogP contribution is 2.33. The van der Waals surface area contributed by atoms with Gasteiger partial charge >= 0.3 is 0 Å². The van der Waals surface area contributed by atoms with Crippen molar-refractivity contribution in [3.8, 4) is 17.2 Å². The zero-order valence-corrected chi connectivity index (χ0v) is 25.6. The lowest BCUT2D eigenvalue weighted by Gasteiger charge is -2.40. The van der Waals surface area contributed by atoms with Gasteiger partial charge in [0.05, 0.1) is 26.5 Å².